The lowest BCUT2D eigenvalue weighted by molar-refractivity contribution is -0.124. The number of aromatic amines is 1. The summed E-state index contributed by atoms with van der Waals surface area (Å²) in [6.07, 6.45) is 1.43. The Balaban J connectivity index is 1.56. The second kappa shape index (κ2) is 7.36. The molecule has 1 heterocycles. The van der Waals surface area contributed by atoms with E-state index in [1.54, 1.807) is 18.2 Å². The lowest BCUT2D eigenvalue weighted by Gasteiger charge is -2.07. The van der Waals surface area contributed by atoms with Crippen molar-refractivity contribution in [2.24, 2.45) is 0 Å². The number of rotatable bonds is 5. The Kier molecular flexibility index (Phi) is 5.00. The van der Waals surface area contributed by atoms with E-state index in [9.17, 15) is 14.0 Å². The Morgan fingerprint density at radius 2 is 2.04 bits per heavy atom. The molecule has 1 aromatic heterocycles. The van der Waals surface area contributed by atoms with E-state index in [1.807, 2.05) is 6.07 Å². The van der Waals surface area contributed by atoms with Crippen LogP contribution in [0.4, 0.5) is 4.39 Å². The van der Waals surface area contributed by atoms with Gasteiger partial charge in [0.15, 0.2) is 6.61 Å². The number of hydrogen-bond acceptors (Lipinski definition) is 3. The van der Waals surface area contributed by atoms with Gasteiger partial charge in [-0.1, -0.05) is 23.7 Å². The molecular weight excluding hydrogens is 347 g/mol. The van der Waals surface area contributed by atoms with E-state index >= 15 is 0 Å². The van der Waals surface area contributed by atoms with Gasteiger partial charge in [0.25, 0.3) is 5.91 Å². The molecule has 0 fully saturated rings. The maximum Gasteiger partial charge on any atom is 0.340 e. The van der Waals surface area contributed by atoms with Crippen molar-refractivity contribution in [3.63, 3.8) is 0 Å². The SMILES string of the molecule is O=C(COC(=O)c1c[nH]c2ccc(F)cc12)NCc1cccc(Cl)c1. The minimum Gasteiger partial charge on any atom is -0.452 e. The van der Waals surface area contributed by atoms with Gasteiger partial charge >= 0.3 is 5.97 Å². The lowest BCUT2D eigenvalue weighted by atomic mass is 10.2. The van der Waals surface area contributed by atoms with Crippen LogP contribution in [-0.2, 0) is 16.1 Å². The summed E-state index contributed by atoms with van der Waals surface area (Å²) < 4.78 is 18.3. The molecule has 3 rings (SSSR count). The van der Waals surface area contributed by atoms with Crippen molar-refractivity contribution in [1.29, 1.82) is 0 Å². The molecule has 0 aliphatic rings. The molecule has 2 aromatic carbocycles. The quantitative estimate of drug-likeness (QED) is 0.685. The molecule has 7 heteroatoms. The third-order valence-electron chi connectivity index (χ3n) is 3.58. The summed E-state index contributed by atoms with van der Waals surface area (Å²) in [4.78, 5) is 26.8. The summed E-state index contributed by atoms with van der Waals surface area (Å²) in [7, 11) is 0. The molecule has 0 unspecified atom stereocenters. The fraction of sp³-hybridized carbons (Fsp3) is 0.111. The van der Waals surface area contributed by atoms with Crippen LogP contribution in [0.15, 0.2) is 48.7 Å². The molecule has 0 aliphatic carbocycles. The van der Waals surface area contributed by atoms with Gasteiger partial charge in [-0.25, -0.2) is 9.18 Å². The van der Waals surface area contributed by atoms with Crippen molar-refractivity contribution in [3.8, 4) is 0 Å². The fourth-order valence-electron chi connectivity index (χ4n) is 2.37. The zero-order valence-electron chi connectivity index (χ0n) is 13.0. The van der Waals surface area contributed by atoms with Gasteiger partial charge in [0.1, 0.15) is 5.82 Å². The molecule has 0 radical (unpaired) electrons. The van der Waals surface area contributed by atoms with Crippen molar-refractivity contribution in [2.45, 2.75) is 6.54 Å². The van der Waals surface area contributed by atoms with Crippen LogP contribution in [0.25, 0.3) is 10.9 Å². The third kappa shape index (κ3) is 4.16. The highest BCUT2D eigenvalue weighted by Gasteiger charge is 2.15. The molecule has 0 saturated heterocycles. The van der Waals surface area contributed by atoms with Crippen LogP contribution in [0, 0.1) is 5.82 Å². The van der Waals surface area contributed by atoms with E-state index in [1.165, 1.54) is 24.4 Å². The lowest BCUT2D eigenvalue weighted by Crippen LogP contribution is -2.28. The number of amides is 1. The summed E-state index contributed by atoms with van der Waals surface area (Å²) in [5.74, 6) is -1.60. The summed E-state index contributed by atoms with van der Waals surface area (Å²) in [5.41, 5.74) is 1.62. The first kappa shape index (κ1) is 17.0. The van der Waals surface area contributed by atoms with Crippen LogP contribution in [0.5, 0.6) is 0 Å². The van der Waals surface area contributed by atoms with Gasteiger partial charge < -0.3 is 15.0 Å². The average molecular weight is 361 g/mol. The molecule has 2 N–H and O–H groups in total. The standard InChI is InChI=1S/C18H14ClFN2O3/c19-12-3-1-2-11(6-12)8-22-17(23)10-25-18(24)15-9-21-16-5-4-13(20)7-14(15)16/h1-7,9,21H,8,10H2,(H,22,23). The van der Waals surface area contributed by atoms with Crippen LogP contribution in [0.1, 0.15) is 15.9 Å². The van der Waals surface area contributed by atoms with E-state index in [0.29, 0.717) is 15.9 Å². The minimum atomic E-state index is -0.699. The maximum atomic E-state index is 13.3. The van der Waals surface area contributed by atoms with Gasteiger partial charge in [-0.15, -0.1) is 0 Å². The molecule has 128 valence electrons. The minimum absolute atomic E-state index is 0.178. The molecular formula is C18H14ClFN2O3. The van der Waals surface area contributed by atoms with Crippen LogP contribution < -0.4 is 5.32 Å². The number of carbonyl (C=O) groups is 2. The first-order valence-electron chi connectivity index (χ1n) is 7.48. The summed E-state index contributed by atoms with van der Waals surface area (Å²) in [5, 5.41) is 3.61. The van der Waals surface area contributed by atoms with Gasteiger partial charge in [-0.2, -0.15) is 0 Å². The molecule has 0 bridgehead atoms. The average Bonchev–Trinajstić information content (AvgIpc) is 3.01. The number of ether oxygens (including phenoxy) is 1. The molecule has 3 aromatic rings. The smallest absolute Gasteiger partial charge is 0.340 e. The van der Waals surface area contributed by atoms with Crippen LogP contribution >= 0.6 is 11.6 Å². The van der Waals surface area contributed by atoms with Crippen LogP contribution in [-0.4, -0.2) is 23.5 Å². The van der Waals surface area contributed by atoms with E-state index in [4.69, 9.17) is 16.3 Å². The molecule has 5 nitrogen and oxygen atoms in total. The summed E-state index contributed by atoms with van der Waals surface area (Å²) in [6.45, 7) is -0.156. The van der Waals surface area contributed by atoms with Crippen molar-refractivity contribution in [1.82, 2.24) is 10.3 Å². The number of benzene rings is 2. The van der Waals surface area contributed by atoms with Crippen LogP contribution in [0.2, 0.25) is 5.02 Å². The number of carbonyl (C=O) groups excluding carboxylic acids is 2. The number of halogens is 2. The molecule has 1 amide bonds. The number of nitrogens with one attached hydrogen (secondary N) is 2. The predicted molar refractivity (Wildman–Crippen MR) is 91.8 cm³/mol. The van der Waals surface area contributed by atoms with E-state index in [-0.39, 0.29) is 12.1 Å². The first-order valence-corrected chi connectivity index (χ1v) is 7.85. The topological polar surface area (TPSA) is 71.2 Å². The summed E-state index contributed by atoms with van der Waals surface area (Å²) >= 11 is 5.87. The van der Waals surface area contributed by atoms with E-state index in [0.717, 1.165) is 5.56 Å². The highest BCUT2D eigenvalue weighted by Crippen LogP contribution is 2.20. The van der Waals surface area contributed by atoms with Crippen LogP contribution in [0.3, 0.4) is 0 Å². The first-order chi connectivity index (χ1) is 12.0. The zero-order valence-corrected chi connectivity index (χ0v) is 13.8. The number of hydrogen-bond donors (Lipinski definition) is 2. The highest BCUT2D eigenvalue weighted by atomic mass is 35.5. The normalized spacial score (nSPS) is 10.6. The Bertz CT molecular complexity index is 939. The largest absolute Gasteiger partial charge is 0.452 e. The third-order valence-corrected chi connectivity index (χ3v) is 3.81. The van der Waals surface area contributed by atoms with Gasteiger partial charge in [0.05, 0.1) is 5.56 Å². The second-order valence-electron chi connectivity index (χ2n) is 5.38. The molecule has 0 atom stereocenters. The van der Waals surface area contributed by atoms with Gasteiger partial charge in [-0.3, -0.25) is 4.79 Å². The highest BCUT2D eigenvalue weighted by molar-refractivity contribution is 6.30. The Hall–Kier alpha value is -2.86. The second-order valence-corrected chi connectivity index (χ2v) is 5.81. The van der Waals surface area contributed by atoms with Crippen molar-refractivity contribution < 1.29 is 18.7 Å². The number of H-pyrrole nitrogens is 1. The molecule has 0 spiro atoms. The van der Waals surface area contributed by atoms with Gasteiger partial charge in [0, 0.05) is 28.7 Å². The van der Waals surface area contributed by atoms with E-state index in [2.05, 4.69) is 10.3 Å². The van der Waals surface area contributed by atoms with Crippen molar-refractivity contribution in [3.05, 3.63) is 70.6 Å². The monoisotopic (exact) mass is 360 g/mol. The Labute approximate surface area is 147 Å². The van der Waals surface area contributed by atoms with E-state index < -0.39 is 24.3 Å². The Morgan fingerprint density at radius 1 is 1.20 bits per heavy atom. The van der Waals surface area contributed by atoms with Gasteiger partial charge in [-0.05, 0) is 35.9 Å². The Morgan fingerprint density at radius 3 is 2.84 bits per heavy atom. The number of aromatic nitrogens is 1. The van der Waals surface area contributed by atoms with Crippen molar-refractivity contribution in [2.75, 3.05) is 6.61 Å². The number of esters is 1. The van der Waals surface area contributed by atoms with Crippen molar-refractivity contribution >= 4 is 34.4 Å². The predicted octanol–water partition coefficient (Wildman–Crippen LogP) is 3.43. The van der Waals surface area contributed by atoms with Gasteiger partial charge in [0.2, 0.25) is 0 Å². The fourth-order valence-corrected chi connectivity index (χ4v) is 2.58. The molecule has 0 saturated carbocycles. The maximum absolute atomic E-state index is 13.3. The number of fused-ring (bicyclic) bond motifs is 1. The molecule has 0 aliphatic heterocycles. The molecule has 25 heavy (non-hydrogen) atoms. The summed E-state index contributed by atoms with van der Waals surface area (Å²) in [6, 6.07) is 11.1. The zero-order chi connectivity index (χ0) is 17.8.